The lowest BCUT2D eigenvalue weighted by molar-refractivity contribution is 0.0697. The molecule has 0 aliphatic carbocycles. The summed E-state index contributed by atoms with van der Waals surface area (Å²) >= 11 is 2.85. The van der Waals surface area contributed by atoms with Crippen LogP contribution in [0.3, 0.4) is 0 Å². The average molecular weight is 305 g/mol. The van der Waals surface area contributed by atoms with E-state index in [1.54, 1.807) is 18.3 Å². The highest BCUT2D eigenvalue weighted by atomic mass is 32.2. The predicted molar refractivity (Wildman–Crippen MR) is 72.4 cm³/mol. The van der Waals surface area contributed by atoms with Gasteiger partial charge < -0.3 is 5.11 Å². The number of carboxylic acid groups (broad SMARTS) is 1. The van der Waals surface area contributed by atoms with E-state index in [0.717, 1.165) is 4.34 Å². The van der Waals surface area contributed by atoms with Crippen molar-refractivity contribution in [2.24, 2.45) is 0 Å². The molecule has 0 fully saturated rings. The van der Waals surface area contributed by atoms with Crippen molar-refractivity contribution in [2.75, 3.05) is 0 Å². The van der Waals surface area contributed by atoms with E-state index in [1.165, 1.54) is 39.9 Å². The molecule has 0 saturated carbocycles. The molecule has 0 saturated heterocycles. The number of tetrazole rings is 1. The van der Waals surface area contributed by atoms with Crippen LogP contribution in [0.25, 0.3) is 5.69 Å². The molecule has 20 heavy (non-hydrogen) atoms. The normalized spacial score (nSPS) is 10.6. The fraction of sp³-hybridized carbons (Fsp3) is 0. The van der Waals surface area contributed by atoms with E-state index >= 15 is 0 Å². The molecule has 0 spiro atoms. The smallest absolute Gasteiger partial charge is 0.335 e. The second-order valence-electron chi connectivity index (χ2n) is 3.63. The van der Waals surface area contributed by atoms with Crippen LogP contribution in [0.5, 0.6) is 0 Å². The molecule has 2 heterocycles. The van der Waals surface area contributed by atoms with Crippen LogP contribution in [0.1, 0.15) is 10.4 Å². The number of carbonyl (C=O) groups is 1. The zero-order chi connectivity index (χ0) is 13.9. The van der Waals surface area contributed by atoms with Crippen LogP contribution in [0, 0.1) is 0 Å². The van der Waals surface area contributed by atoms with Crippen molar-refractivity contribution in [3.63, 3.8) is 0 Å². The molecule has 7 nitrogen and oxygen atoms in total. The van der Waals surface area contributed by atoms with Gasteiger partial charge in [0.25, 0.3) is 0 Å². The molecule has 3 aromatic rings. The number of thiazole rings is 1. The van der Waals surface area contributed by atoms with Crippen LogP contribution >= 0.6 is 23.1 Å². The maximum Gasteiger partial charge on any atom is 0.335 e. The number of aromatic carboxylic acids is 1. The number of hydrogen-bond acceptors (Lipinski definition) is 7. The number of rotatable bonds is 4. The van der Waals surface area contributed by atoms with Crippen LogP contribution in [0.15, 0.2) is 45.3 Å². The van der Waals surface area contributed by atoms with E-state index < -0.39 is 5.97 Å². The summed E-state index contributed by atoms with van der Waals surface area (Å²) in [4.78, 5) is 15.0. The van der Waals surface area contributed by atoms with E-state index in [2.05, 4.69) is 20.5 Å². The minimum Gasteiger partial charge on any atom is -0.478 e. The summed E-state index contributed by atoms with van der Waals surface area (Å²) in [5, 5.41) is 22.8. The fourth-order valence-electron chi connectivity index (χ4n) is 1.49. The Morgan fingerprint density at radius 2 is 2.10 bits per heavy atom. The monoisotopic (exact) mass is 305 g/mol. The zero-order valence-electron chi connectivity index (χ0n) is 9.87. The van der Waals surface area contributed by atoms with Gasteiger partial charge in [-0.05, 0) is 46.5 Å². The average Bonchev–Trinajstić information content (AvgIpc) is 3.11. The van der Waals surface area contributed by atoms with Gasteiger partial charge in [-0.3, -0.25) is 0 Å². The minimum atomic E-state index is -0.967. The van der Waals surface area contributed by atoms with Gasteiger partial charge in [-0.25, -0.2) is 9.78 Å². The Labute approximate surface area is 121 Å². The summed E-state index contributed by atoms with van der Waals surface area (Å²) in [6.45, 7) is 0. The number of benzene rings is 1. The summed E-state index contributed by atoms with van der Waals surface area (Å²) in [6.07, 6.45) is 1.71. The van der Waals surface area contributed by atoms with Crippen molar-refractivity contribution < 1.29 is 9.90 Å². The lowest BCUT2D eigenvalue weighted by Gasteiger charge is -2.03. The summed E-state index contributed by atoms with van der Waals surface area (Å²) in [5.74, 6) is -0.967. The third-order valence-corrected chi connectivity index (χ3v) is 4.21. The van der Waals surface area contributed by atoms with Gasteiger partial charge in [0.15, 0.2) is 4.34 Å². The molecule has 0 aliphatic heterocycles. The number of hydrogen-bond donors (Lipinski definition) is 1. The molecule has 0 unspecified atom stereocenters. The Morgan fingerprint density at radius 3 is 2.75 bits per heavy atom. The Morgan fingerprint density at radius 1 is 1.30 bits per heavy atom. The van der Waals surface area contributed by atoms with Crippen LogP contribution in [0.2, 0.25) is 0 Å². The van der Waals surface area contributed by atoms with Crippen molar-refractivity contribution in [2.45, 2.75) is 9.50 Å². The van der Waals surface area contributed by atoms with Crippen molar-refractivity contribution in [1.29, 1.82) is 0 Å². The molecular formula is C11H7N5O2S2. The Bertz CT molecular complexity index is 724. The highest BCUT2D eigenvalue weighted by Crippen LogP contribution is 2.28. The van der Waals surface area contributed by atoms with Crippen LogP contribution in [-0.4, -0.2) is 36.3 Å². The lowest BCUT2D eigenvalue weighted by Crippen LogP contribution is -2.01. The fourth-order valence-corrected chi connectivity index (χ4v) is 3.01. The maximum atomic E-state index is 10.8. The molecule has 0 atom stereocenters. The second kappa shape index (κ2) is 5.39. The first-order chi connectivity index (χ1) is 9.74. The molecule has 100 valence electrons. The predicted octanol–water partition coefficient (Wildman–Crippen LogP) is 1.97. The van der Waals surface area contributed by atoms with E-state index in [0.29, 0.717) is 10.8 Å². The Kier molecular flexibility index (Phi) is 3.44. The number of nitrogens with zero attached hydrogens (tertiary/aromatic N) is 5. The van der Waals surface area contributed by atoms with Gasteiger partial charge in [0.2, 0.25) is 5.16 Å². The van der Waals surface area contributed by atoms with Crippen molar-refractivity contribution >= 4 is 29.1 Å². The first kappa shape index (κ1) is 12.8. The van der Waals surface area contributed by atoms with Gasteiger partial charge in [-0.2, -0.15) is 4.68 Å². The molecule has 0 bridgehead atoms. The number of carboxylic acids is 1. The Balaban J connectivity index is 1.90. The van der Waals surface area contributed by atoms with E-state index in [9.17, 15) is 4.79 Å². The van der Waals surface area contributed by atoms with Gasteiger partial charge >= 0.3 is 5.97 Å². The standard InChI is InChI=1S/C11H7N5O2S2/c17-9(18)7-1-3-8(4-2-7)16-10(13-14-15-16)20-11-12-5-6-19-11/h1-6H,(H,17,18). The van der Waals surface area contributed by atoms with Gasteiger partial charge in [-0.1, -0.05) is 0 Å². The van der Waals surface area contributed by atoms with Gasteiger partial charge in [0.1, 0.15) is 0 Å². The maximum absolute atomic E-state index is 10.8. The Hall–Kier alpha value is -2.26. The first-order valence-corrected chi connectivity index (χ1v) is 7.13. The lowest BCUT2D eigenvalue weighted by atomic mass is 10.2. The minimum absolute atomic E-state index is 0.218. The molecule has 0 amide bonds. The topological polar surface area (TPSA) is 93.8 Å². The molecule has 0 radical (unpaired) electrons. The first-order valence-electron chi connectivity index (χ1n) is 5.43. The second-order valence-corrected chi connectivity index (χ2v) is 5.73. The van der Waals surface area contributed by atoms with Gasteiger partial charge in [0, 0.05) is 11.6 Å². The van der Waals surface area contributed by atoms with E-state index in [4.69, 9.17) is 5.11 Å². The summed E-state index contributed by atoms with van der Waals surface area (Å²) in [5.41, 5.74) is 0.912. The summed E-state index contributed by atoms with van der Waals surface area (Å²) < 4.78 is 2.38. The quantitative estimate of drug-likeness (QED) is 0.787. The molecule has 1 aromatic carbocycles. The molecule has 3 rings (SSSR count). The molecule has 9 heteroatoms. The molecule has 0 aliphatic rings. The van der Waals surface area contributed by atoms with Crippen LogP contribution in [-0.2, 0) is 0 Å². The van der Waals surface area contributed by atoms with E-state index in [-0.39, 0.29) is 5.56 Å². The van der Waals surface area contributed by atoms with Gasteiger partial charge in [-0.15, -0.1) is 16.4 Å². The summed E-state index contributed by atoms with van der Waals surface area (Å²) in [6, 6.07) is 6.34. The van der Waals surface area contributed by atoms with Crippen LogP contribution < -0.4 is 0 Å². The highest BCUT2D eigenvalue weighted by Gasteiger charge is 2.12. The third kappa shape index (κ3) is 2.53. The highest BCUT2D eigenvalue weighted by molar-refractivity contribution is 8.00. The third-order valence-electron chi connectivity index (χ3n) is 2.39. The van der Waals surface area contributed by atoms with Crippen molar-refractivity contribution in [1.82, 2.24) is 25.2 Å². The summed E-state index contributed by atoms with van der Waals surface area (Å²) in [7, 11) is 0. The largest absolute Gasteiger partial charge is 0.478 e. The van der Waals surface area contributed by atoms with Crippen LogP contribution in [0.4, 0.5) is 0 Å². The van der Waals surface area contributed by atoms with Gasteiger partial charge in [0.05, 0.1) is 11.3 Å². The molecular weight excluding hydrogens is 298 g/mol. The molecule has 2 aromatic heterocycles. The van der Waals surface area contributed by atoms with E-state index in [1.807, 2.05) is 5.38 Å². The van der Waals surface area contributed by atoms with Crippen molar-refractivity contribution in [3.05, 3.63) is 41.4 Å². The number of aromatic nitrogens is 5. The zero-order valence-corrected chi connectivity index (χ0v) is 11.5. The van der Waals surface area contributed by atoms with Crippen molar-refractivity contribution in [3.8, 4) is 5.69 Å². The SMILES string of the molecule is O=C(O)c1ccc(-n2nnnc2Sc2nccs2)cc1. The molecule has 1 N–H and O–H groups in total.